The number of benzene rings is 4. The van der Waals surface area contributed by atoms with Crippen molar-refractivity contribution in [2.45, 2.75) is 13.2 Å². The summed E-state index contributed by atoms with van der Waals surface area (Å²) < 4.78 is 6.72. The molecule has 0 aliphatic carbocycles. The quantitative estimate of drug-likeness (QED) is 0.0597. The summed E-state index contributed by atoms with van der Waals surface area (Å²) in [5.41, 5.74) is 5.82. The number of urea groups is 2. The van der Waals surface area contributed by atoms with Crippen LogP contribution in [0.4, 0.5) is 32.3 Å². The first-order valence-electron chi connectivity index (χ1n) is 13.2. The van der Waals surface area contributed by atoms with E-state index in [0.717, 1.165) is 32.9 Å². The van der Waals surface area contributed by atoms with Crippen LogP contribution in [0.1, 0.15) is 11.1 Å². The molecule has 43 heavy (non-hydrogen) atoms. The van der Waals surface area contributed by atoms with Gasteiger partial charge in [-0.15, -0.1) is 0 Å². The van der Waals surface area contributed by atoms with Gasteiger partial charge in [-0.2, -0.15) is 9.83 Å². The average Bonchev–Trinajstić information content (AvgIpc) is 3.01. The lowest BCUT2D eigenvalue weighted by atomic mass is 10.1. The second kappa shape index (κ2) is 13.0. The Morgan fingerprint density at radius 3 is 1.67 bits per heavy atom. The Morgan fingerprint density at radius 1 is 0.721 bits per heavy atom. The highest BCUT2D eigenvalue weighted by atomic mass is 16.5. The topological polar surface area (TPSA) is 149 Å². The normalized spacial score (nSPS) is 10.3. The lowest BCUT2D eigenvalue weighted by molar-refractivity contribution is -0.617. The van der Waals surface area contributed by atoms with Crippen LogP contribution in [-0.4, -0.2) is 18.1 Å². The number of aromatic nitrogens is 1. The fraction of sp³-hybridized carbons (Fsp3) is 0.0938. The molecule has 0 bridgehead atoms. The van der Waals surface area contributed by atoms with Crippen molar-refractivity contribution in [3.8, 4) is 6.26 Å². The van der Waals surface area contributed by atoms with Crippen molar-refractivity contribution < 1.29 is 23.7 Å². The minimum Gasteiger partial charge on any atom is -0.423 e. The van der Waals surface area contributed by atoms with Crippen LogP contribution in [0, 0.1) is 11.5 Å². The molecule has 1 aromatic heterocycles. The Hall–Kier alpha value is -6.24. The molecule has 5 aromatic rings. The number of isocyanates is 1. The molecule has 212 valence electrons. The number of aryl methyl sites for hydroxylation is 1. The zero-order valence-corrected chi connectivity index (χ0v) is 23.0. The van der Waals surface area contributed by atoms with Crippen LogP contribution in [0.3, 0.4) is 0 Å². The number of hydrogen-bond donors (Lipinski definition) is 4. The summed E-state index contributed by atoms with van der Waals surface area (Å²) in [6.07, 6.45) is 3.14. The minimum atomic E-state index is -0.399. The van der Waals surface area contributed by atoms with Gasteiger partial charge in [0.05, 0.1) is 6.54 Å². The molecule has 0 radical (unpaired) electrons. The molecule has 4 aromatic carbocycles. The SMILES string of the molecule is C[n+]1c2cc(NC(=O)Nc3ccc(CN=C=O)cc3)ccc2cc2ccc(NC(=O)Nc3ccc(COC#N)cc3)cc21. The highest BCUT2D eigenvalue weighted by molar-refractivity contribution is 6.02. The van der Waals surface area contributed by atoms with E-state index in [4.69, 9.17) is 10.00 Å². The Kier molecular flexibility index (Phi) is 8.52. The Bertz CT molecular complexity index is 1910. The lowest BCUT2D eigenvalue weighted by Crippen LogP contribution is -2.30. The summed E-state index contributed by atoms with van der Waals surface area (Å²) >= 11 is 0. The predicted molar refractivity (Wildman–Crippen MR) is 163 cm³/mol. The number of pyridine rings is 1. The molecule has 0 fully saturated rings. The largest absolute Gasteiger partial charge is 0.423 e. The second-order valence-corrected chi connectivity index (χ2v) is 9.59. The number of amides is 4. The fourth-order valence-electron chi connectivity index (χ4n) is 4.57. The number of nitrogens with one attached hydrogen (secondary N) is 4. The standard InChI is InChI=1S/C32H25N7O4/c1-39-29-15-27(37-31(41)35-25-8-2-21(3-9-25)17-34-20-40)12-6-23(29)14-24-7-13-28(16-30(24)39)38-32(42)36-26-10-4-22(5-11-26)18-43-19-33/h2-16H,17-18H2,1H3,(H3,35,36,37,38,41,42)/p+1. The van der Waals surface area contributed by atoms with Gasteiger partial charge < -0.3 is 26.0 Å². The average molecular weight is 573 g/mol. The molecule has 0 saturated heterocycles. The summed E-state index contributed by atoms with van der Waals surface area (Å²) in [4.78, 5) is 39.1. The molecule has 4 amide bonds. The van der Waals surface area contributed by atoms with Crippen molar-refractivity contribution in [1.29, 1.82) is 5.26 Å². The number of aliphatic imine (C=N–C) groups is 1. The summed E-state index contributed by atoms with van der Waals surface area (Å²) in [6.45, 7) is 0.409. The predicted octanol–water partition coefficient (Wildman–Crippen LogP) is 5.94. The first-order valence-corrected chi connectivity index (χ1v) is 13.2. The summed E-state index contributed by atoms with van der Waals surface area (Å²) in [6, 6.07) is 26.6. The number of nitriles is 1. The van der Waals surface area contributed by atoms with Crippen LogP contribution < -0.4 is 25.8 Å². The first kappa shape index (κ1) is 28.3. The van der Waals surface area contributed by atoms with Crippen molar-refractivity contribution >= 4 is 62.7 Å². The number of rotatable bonds is 8. The van der Waals surface area contributed by atoms with E-state index in [2.05, 4.69) is 26.3 Å². The van der Waals surface area contributed by atoms with Crippen LogP contribution in [0.2, 0.25) is 0 Å². The van der Waals surface area contributed by atoms with Crippen molar-refractivity contribution in [2.24, 2.45) is 12.0 Å². The van der Waals surface area contributed by atoms with Crippen LogP contribution >= 0.6 is 0 Å². The molecule has 5 rings (SSSR count). The van der Waals surface area contributed by atoms with Crippen molar-refractivity contribution in [2.75, 3.05) is 21.3 Å². The second-order valence-electron chi connectivity index (χ2n) is 9.59. The van der Waals surface area contributed by atoms with Gasteiger partial charge in [0.25, 0.3) is 6.26 Å². The van der Waals surface area contributed by atoms with Gasteiger partial charge in [0, 0.05) is 45.7 Å². The Labute approximate surface area is 246 Å². The van der Waals surface area contributed by atoms with E-state index in [1.807, 2.05) is 54.1 Å². The van der Waals surface area contributed by atoms with Crippen LogP contribution in [0.15, 0.2) is 96.0 Å². The van der Waals surface area contributed by atoms with Gasteiger partial charge in [0.1, 0.15) is 13.7 Å². The molecular formula is C32H26N7O4+. The molecule has 0 atom stereocenters. The van der Waals surface area contributed by atoms with Gasteiger partial charge in [-0.3, -0.25) is 0 Å². The van der Waals surface area contributed by atoms with Gasteiger partial charge in [0.2, 0.25) is 17.1 Å². The number of fused-ring (bicyclic) bond motifs is 2. The third kappa shape index (κ3) is 7.10. The third-order valence-corrected chi connectivity index (χ3v) is 6.66. The van der Waals surface area contributed by atoms with E-state index >= 15 is 0 Å². The molecule has 4 N–H and O–H groups in total. The Morgan fingerprint density at radius 2 is 1.19 bits per heavy atom. The first-order chi connectivity index (χ1) is 20.9. The maximum absolute atomic E-state index is 12.6. The van der Waals surface area contributed by atoms with Gasteiger partial charge in [-0.25, -0.2) is 19.4 Å². The van der Waals surface area contributed by atoms with Gasteiger partial charge in [-0.1, -0.05) is 24.3 Å². The summed E-state index contributed by atoms with van der Waals surface area (Å²) in [5, 5.41) is 21.8. The fourth-order valence-corrected chi connectivity index (χ4v) is 4.57. The molecule has 0 aliphatic heterocycles. The van der Waals surface area contributed by atoms with Gasteiger partial charge >= 0.3 is 12.1 Å². The monoisotopic (exact) mass is 572 g/mol. The maximum Gasteiger partial charge on any atom is 0.323 e. The number of nitrogens with zero attached hydrogens (tertiary/aromatic N) is 3. The van der Waals surface area contributed by atoms with E-state index in [1.165, 1.54) is 6.08 Å². The molecule has 11 nitrogen and oxygen atoms in total. The highest BCUT2D eigenvalue weighted by Gasteiger charge is 2.15. The molecular weight excluding hydrogens is 546 g/mol. The number of anilines is 4. The van der Waals surface area contributed by atoms with Crippen LogP contribution in [0.25, 0.3) is 21.8 Å². The van der Waals surface area contributed by atoms with Crippen molar-refractivity contribution in [1.82, 2.24) is 0 Å². The van der Waals surface area contributed by atoms with Crippen molar-refractivity contribution in [3.63, 3.8) is 0 Å². The highest BCUT2D eigenvalue weighted by Crippen LogP contribution is 2.24. The zero-order chi connectivity index (χ0) is 30.2. The number of carbonyl (C=O) groups is 2. The molecule has 11 heteroatoms. The number of hydrogen-bond acceptors (Lipinski definition) is 6. The van der Waals surface area contributed by atoms with E-state index in [1.54, 1.807) is 54.8 Å². The smallest absolute Gasteiger partial charge is 0.323 e. The summed E-state index contributed by atoms with van der Waals surface area (Å²) in [7, 11) is 1.92. The molecule has 0 spiro atoms. The number of carbonyl (C=O) groups excluding carboxylic acids is 3. The zero-order valence-electron chi connectivity index (χ0n) is 23.0. The van der Waals surface area contributed by atoms with E-state index in [-0.39, 0.29) is 13.2 Å². The van der Waals surface area contributed by atoms with Gasteiger partial charge in [-0.05, 0) is 65.7 Å². The minimum absolute atomic E-state index is 0.173. The van der Waals surface area contributed by atoms with Crippen molar-refractivity contribution in [3.05, 3.63) is 102 Å². The molecule has 1 heterocycles. The van der Waals surface area contributed by atoms with E-state index in [9.17, 15) is 14.4 Å². The summed E-state index contributed by atoms with van der Waals surface area (Å²) in [5.74, 6) is 0. The Balaban J connectivity index is 1.28. The molecule has 0 aliphatic rings. The maximum atomic E-state index is 12.6. The van der Waals surface area contributed by atoms with Crippen LogP contribution in [0.5, 0.6) is 0 Å². The molecule has 0 unspecified atom stereocenters. The number of ether oxygens (including phenoxy) is 1. The van der Waals surface area contributed by atoms with Crippen LogP contribution in [-0.2, 0) is 29.7 Å². The van der Waals surface area contributed by atoms with E-state index < -0.39 is 12.1 Å². The molecule has 0 saturated carbocycles. The van der Waals surface area contributed by atoms with E-state index in [0.29, 0.717) is 22.7 Å². The third-order valence-electron chi connectivity index (χ3n) is 6.66. The lowest BCUT2D eigenvalue weighted by Gasteiger charge is -2.10. The van der Waals surface area contributed by atoms with Gasteiger partial charge in [0.15, 0.2) is 0 Å².